The SMILES string of the molecule is COC(=O)c1ccc(CCC[C@@H]2[C@@H](C#Cc3ccccc3)[C@H](C)C[C@@]2(C)C(F)(F)F)s1. The van der Waals surface area contributed by atoms with E-state index in [-0.39, 0.29) is 24.2 Å². The van der Waals surface area contributed by atoms with Crippen molar-refractivity contribution < 1.29 is 22.7 Å². The Balaban J connectivity index is 1.77. The summed E-state index contributed by atoms with van der Waals surface area (Å²) in [4.78, 5) is 13.1. The molecule has 1 fully saturated rings. The van der Waals surface area contributed by atoms with Gasteiger partial charge in [0.15, 0.2) is 0 Å². The van der Waals surface area contributed by atoms with E-state index < -0.39 is 17.5 Å². The predicted octanol–water partition coefficient (Wildman–Crippen LogP) is 6.75. The van der Waals surface area contributed by atoms with Gasteiger partial charge in [-0.3, -0.25) is 0 Å². The number of alkyl halides is 3. The molecule has 0 N–H and O–H groups in total. The zero-order valence-electron chi connectivity index (χ0n) is 18.0. The molecule has 4 atom stereocenters. The van der Waals surface area contributed by atoms with Gasteiger partial charge in [0, 0.05) is 16.4 Å². The number of carbonyl (C=O) groups excluding carboxylic acids is 1. The minimum Gasteiger partial charge on any atom is -0.465 e. The van der Waals surface area contributed by atoms with Crippen LogP contribution in [0.15, 0.2) is 42.5 Å². The van der Waals surface area contributed by atoms with Gasteiger partial charge in [-0.1, -0.05) is 43.9 Å². The van der Waals surface area contributed by atoms with Gasteiger partial charge in [-0.05, 0) is 61.8 Å². The molecule has 31 heavy (non-hydrogen) atoms. The first kappa shape index (κ1) is 23.4. The predicted molar refractivity (Wildman–Crippen MR) is 117 cm³/mol. The fourth-order valence-electron chi connectivity index (χ4n) is 4.71. The van der Waals surface area contributed by atoms with Crippen molar-refractivity contribution in [1.29, 1.82) is 0 Å². The van der Waals surface area contributed by atoms with E-state index in [0.717, 1.165) is 10.4 Å². The van der Waals surface area contributed by atoms with E-state index in [4.69, 9.17) is 4.74 Å². The van der Waals surface area contributed by atoms with Crippen LogP contribution in [0.1, 0.15) is 53.2 Å². The fraction of sp³-hybridized carbons (Fsp3) is 0.480. The molecule has 1 aliphatic rings. The van der Waals surface area contributed by atoms with E-state index >= 15 is 0 Å². The van der Waals surface area contributed by atoms with E-state index in [2.05, 4.69) is 11.8 Å². The van der Waals surface area contributed by atoms with Gasteiger partial charge < -0.3 is 4.74 Å². The van der Waals surface area contributed by atoms with Gasteiger partial charge in [-0.15, -0.1) is 11.3 Å². The number of esters is 1. The number of halogens is 3. The zero-order chi connectivity index (χ0) is 22.6. The second kappa shape index (κ2) is 9.48. The zero-order valence-corrected chi connectivity index (χ0v) is 18.8. The van der Waals surface area contributed by atoms with Gasteiger partial charge in [0.05, 0.1) is 12.5 Å². The molecule has 0 saturated heterocycles. The van der Waals surface area contributed by atoms with Crippen molar-refractivity contribution in [2.45, 2.75) is 45.7 Å². The Hall–Kier alpha value is -2.26. The van der Waals surface area contributed by atoms with E-state index in [1.54, 1.807) is 6.07 Å². The Morgan fingerprint density at radius 3 is 2.58 bits per heavy atom. The topological polar surface area (TPSA) is 26.3 Å². The van der Waals surface area contributed by atoms with Gasteiger partial charge in [0.2, 0.25) is 0 Å². The summed E-state index contributed by atoms with van der Waals surface area (Å²) in [5, 5.41) is 0. The van der Waals surface area contributed by atoms with Crippen molar-refractivity contribution in [3.05, 3.63) is 57.8 Å². The molecule has 166 valence electrons. The smallest absolute Gasteiger partial charge is 0.394 e. The van der Waals surface area contributed by atoms with Crippen LogP contribution in [0, 0.1) is 35.0 Å². The third kappa shape index (κ3) is 5.15. The molecule has 0 aliphatic heterocycles. The molecule has 2 nitrogen and oxygen atoms in total. The maximum atomic E-state index is 14.1. The van der Waals surface area contributed by atoms with Gasteiger partial charge in [-0.2, -0.15) is 13.2 Å². The van der Waals surface area contributed by atoms with E-state index in [0.29, 0.717) is 24.1 Å². The quantitative estimate of drug-likeness (QED) is 0.374. The molecule has 1 aromatic heterocycles. The maximum absolute atomic E-state index is 14.1. The summed E-state index contributed by atoms with van der Waals surface area (Å²) in [7, 11) is 1.33. The van der Waals surface area contributed by atoms with Crippen LogP contribution in [-0.4, -0.2) is 19.3 Å². The lowest BCUT2D eigenvalue weighted by Crippen LogP contribution is -2.39. The molecule has 6 heteroatoms. The van der Waals surface area contributed by atoms with Gasteiger partial charge in [0.1, 0.15) is 4.88 Å². The first-order valence-corrected chi connectivity index (χ1v) is 11.3. The molecular formula is C25H27F3O2S. The number of hydrogen-bond acceptors (Lipinski definition) is 3. The van der Waals surface area contributed by atoms with E-state index in [1.807, 2.05) is 43.3 Å². The highest BCUT2D eigenvalue weighted by atomic mass is 32.1. The number of hydrogen-bond donors (Lipinski definition) is 0. The van der Waals surface area contributed by atoms with Crippen molar-refractivity contribution in [2.24, 2.45) is 23.2 Å². The van der Waals surface area contributed by atoms with Crippen LogP contribution in [0.5, 0.6) is 0 Å². The van der Waals surface area contributed by atoms with Crippen LogP contribution in [0.25, 0.3) is 0 Å². The monoisotopic (exact) mass is 448 g/mol. The van der Waals surface area contributed by atoms with Crippen molar-refractivity contribution in [3.63, 3.8) is 0 Å². The third-order valence-corrected chi connectivity index (χ3v) is 7.53. The molecule has 1 aliphatic carbocycles. The first-order valence-electron chi connectivity index (χ1n) is 10.5. The second-order valence-electron chi connectivity index (χ2n) is 8.51. The number of rotatable bonds is 5. The largest absolute Gasteiger partial charge is 0.465 e. The molecule has 3 rings (SSSR count). The number of ether oxygens (including phenoxy) is 1. The average molecular weight is 449 g/mol. The summed E-state index contributed by atoms with van der Waals surface area (Å²) in [5.74, 6) is 4.92. The molecule has 1 saturated carbocycles. The lowest BCUT2D eigenvalue weighted by molar-refractivity contribution is -0.232. The number of carbonyl (C=O) groups is 1. The summed E-state index contributed by atoms with van der Waals surface area (Å²) in [6, 6.07) is 13.0. The molecule has 0 amide bonds. The molecule has 2 aromatic rings. The minimum absolute atomic E-state index is 0.0980. The highest BCUT2D eigenvalue weighted by Crippen LogP contribution is 2.59. The maximum Gasteiger partial charge on any atom is 0.394 e. The van der Waals surface area contributed by atoms with Crippen LogP contribution in [0.3, 0.4) is 0 Å². The molecular weight excluding hydrogens is 421 g/mol. The normalized spacial score (nSPS) is 25.7. The van der Waals surface area contributed by atoms with Gasteiger partial charge >= 0.3 is 12.1 Å². The number of aryl methyl sites for hydroxylation is 1. The van der Waals surface area contributed by atoms with Crippen LogP contribution in [-0.2, 0) is 11.2 Å². The summed E-state index contributed by atoms with van der Waals surface area (Å²) in [6.45, 7) is 3.25. The lowest BCUT2D eigenvalue weighted by Gasteiger charge is -2.35. The molecule has 1 heterocycles. The summed E-state index contributed by atoms with van der Waals surface area (Å²) >= 11 is 1.34. The second-order valence-corrected chi connectivity index (χ2v) is 9.68. The van der Waals surface area contributed by atoms with E-state index in [1.165, 1.54) is 25.4 Å². The third-order valence-electron chi connectivity index (χ3n) is 6.40. The molecule has 0 spiro atoms. The highest BCUT2D eigenvalue weighted by Gasteiger charge is 2.62. The number of methoxy groups -OCH3 is 1. The van der Waals surface area contributed by atoms with Crippen LogP contribution >= 0.6 is 11.3 Å². The summed E-state index contributed by atoms with van der Waals surface area (Å²) < 4.78 is 47.0. The summed E-state index contributed by atoms with van der Waals surface area (Å²) in [6.07, 6.45) is -2.47. The van der Waals surface area contributed by atoms with Crippen LogP contribution in [0.2, 0.25) is 0 Å². The van der Waals surface area contributed by atoms with E-state index in [9.17, 15) is 18.0 Å². The Bertz CT molecular complexity index is 954. The highest BCUT2D eigenvalue weighted by molar-refractivity contribution is 7.13. The first-order chi connectivity index (χ1) is 14.7. The van der Waals surface area contributed by atoms with Crippen molar-refractivity contribution in [3.8, 4) is 11.8 Å². The Morgan fingerprint density at radius 1 is 1.23 bits per heavy atom. The van der Waals surface area contributed by atoms with Gasteiger partial charge in [0.25, 0.3) is 0 Å². The molecule has 0 radical (unpaired) electrons. The standard InChI is InChI=1S/C25H27F3O2S/c1-17-16-24(2,25(26,27)28)21(20(17)14-12-18-8-5-4-6-9-18)11-7-10-19-13-15-22(31-19)23(29)30-3/h4-6,8-9,13,15,17,20-21H,7,10-11,16H2,1-3H3/t17-,20+,21-,24-/m1/s1. The Morgan fingerprint density at radius 2 is 1.94 bits per heavy atom. The Labute approximate surface area is 185 Å². The molecule has 0 unspecified atom stereocenters. The van der Waals surface area contributed by atoms with Crippen LogP contribution in [0.4, 0.5) is 13.2 Å². The number of thiophene rings is 1. The fourth-order valence-corrected chi connectivity index (χ4v) is 5.68. The van der Waals surface area contributed by atoms with Crippen LogP contribution < -0.4 is 0 Å². The molecule has 0 bridgehead atoms. The van der Waals surface area contributed by atoms with Crippen molar-refractivity contribution in [1.82, 2.24) is 0 Å². The average Bonchev–Trinajstić information content (AvgIpc) is 3.29. The molecule has 1 aromatic carbocycles. The van der Waals surface area contributed by atoms with Crippen molar-refractivity contribution >= 4 is 17.3 Å². The van der Waals surface area contributed by atoms with Crippen molar-refractivity contribution in [2.75, 3.05) is 7.11 Å². The minimum atomic E-state index is -4.27. The number of benzene rings is 1. The summed E-state index contributed by atoms with van der Waals surface area (Å²) in [5.41, 5.74) is -0.919. The Kier molecular flexibility index (Phi) is 7.16. The van der Waals surface area contributed by atoms with Gasteiger partial charge in [-0.25, -0.2) is 4.79 Å². The lowest BCUT2D eigenvalue weighted by atomic mass is 9.73.